The summed E-state index contributed by atoms with van der Waals surface area (Å²) < 4.78 is 3.26. The van der Waals surface area contributed by atoms with Crippen LogP contribution < -0.4 is 15.5 Å². The van der Waals surface area contributed by atoms with E-state index >= 15 is 0 Å². The van der Waals surface area contributed by atoms with Gasteiger partial charge in [-0.3, -0.25) is 0 Å². The van der Waals surface area contributed by atoms with Crippen LogP contribution in [0.4, 0.5) is 16.6 Å². The predicted octanol–water partition coefficient (Wildman–Crippen LogP) is 3.61. The molecule has 1 amide bonds. The number of nitrogens with one attached hydrogen (secondary N) is 2. The molecule has 1 aromatic heterocycles. The Morgan fingerprint density at radius 3 is 2.62 bits per heavy atom. The number of amides is 1. The third-order valence-corrected chi connectivity index (χ3v) is 4.51. The zero-order valence-electron chi connectivity index (χ0n) is 14.8. The molecule has 1 heterocycles. The van der Waals surface area contributed by atoms with Crippen molar-refractivity contribution in [2.75, 3.05) is 37.5 Å². The highest BCUT2D eigenvalue weighted by molar-refractivity contribution is 6.67. The van der Waals surface area contributed by atoms with Crippen LogP contribution in [0.1, 0.15) is 25.7 Å². The second-order valence-corrected chi connectivity index (χ2v) is 9.08. The molecule has 26 heavy (non-hydrogen) atoms. The maximum absolute atomic E-state index is 11.6. The number of alkyl carbamates (subject to hydrolysis) is 1. The normalized spacial score (nSPS) is 20.3. The number of nitrogens with zero attached hydrogens (tertiary/aromatic N) is 3. The van der Waals surface area contributed by atoms with Crippen molar-refractivity contribution in [3.8, 4) is 0 Å². The topological polar surface area (TPSA) is 79.4 Å². The molecule has 1 aromatic rings. The highest BCUT2D eigenvalue weighted by Crippen LogP contribution is 2.27. The van der Waals surface area contributed by atoms with Gasteiger partial charge in [0.05, 0.1) is 0 Å². The van der Waals surface area contributed by atoms with E-state index in [4.69, 9.17) is 39.5 Å². The summed E-state index contributed by atoms with van der Waals surface area (Å²) in [5.74, 6) is 1.92. The number of rotatable bonds is 6. The fourth-order valence-electron chi connectivity index (χ4n) is 2.79. The van der Waals surface area contributed by atoms with Crippen LogP contribution in [0.25, 0.3) is 0 Å². The van der Waals surface area contributed by atoms with Crippen molar-refractivity contribution in [3.63, 3.8) is 0 Å². The molecule has 0 aromatic carbocycles. The standard InChI is InChI=1S/C16H24Cl3N5O2/c1-24(2)13-7-8-20-14(23-13)22-12-5-3-11(4-6-12)9-21-15(25)26-10-16(17,18)19/h7-8,11-12H,3-6,9-10H2,1-2H3,(H,21,25)(H,20,22,23). The van der Waals surface area contributed by atoms with Crippen molar-refractivity contribution in [1.29, 1.82) is 0 Å². The van der Waals surface area contributed by atoms with Gasteiger partial charge >= 0.3 is 6.09 Å². The monoisotopic (exact) mass is 423 g/mol. The third-order valence-electron chi connectivity index (χ3n) is 4.18. The van der Waals surface area contributed by atoms with E-state index in [2.05, 4.69) is 20.6 Å². The lowest BCUT2D eigenvalue weighted by atomic mass is 9.86. The van der Waals surface area contributed by atoms with Crippen molar-refractivity contribution >= 4 is 52.7 Å². The van der Waals surface area contributed by atoms with Crippen molar-refractivity contribution < 1.29 is 9.53 Å². The van der Waals surface area contributed by atoms with E-state index in [0.29, 0.717) is 24.5 Å². The van der Waals surface area contributed by atoms with Gasteiger partial charge in [-0.05, 0) is 37.7 Å². The first-order chi connectivity index (χ1) is 12.2. The van der Waals surface area contributed by atoms with Gasteiger partial charge in [0.1, 0.15) is 12.4 Å². The number of anilines is 2. The van der Waals surface area contributed by atoms with E-state index in [1.165, 1.54) is 0 Å². The maximum Gasteiger partial charge on any atom is 0.407 e. The van der Waals surface area contributed by atoms with Crippen molar-refractivity contribution in [2.24, 2.45) is 5.92 Å². The molecule has 0 saturated heterocycles. The summed E-state index contributed by atoms with van der Waals surface area (Å²) in [5, 5.41) is 6.12. The summed E-state index contributed by atoms with van der Waals surface area (Å²) in [7, 11) is 3.89. The van der Waals surface area contributed by atoms with E-state index < -0.39 is 9.89 Å². The SMILES string of the molecule is CN(C)c1ccnc(NC2CCC(CNC(=O)OCC(Cl)(Cl)Cl)CC2)n1. The molecule has 0 atom stereocenters. The van der Waals surface area contributed by atoms with Gasteiger partial charge < -0.3 is 20.3 Å². The summed E-state index contributed by atoms with van der Waals surface area (Å²) in [6.07, 6.45) is 5.16. The van der Waals surface area contributed by atoms with Gasteiger partial charge in [0.2, 0.25) is 9.74 Å². The number of hydrogen-bond donors (Lipinski definition) is 2. The number of carbonyl (C=O) groups is 1. The lowest BCUT2D eigenvalue weighted by Crippen LogP contribution is -2.35. The Kier molecular flexibility index (Phi) is 7.85. The highest BCUT2D eigenvalue weighted by atomic mass is 35.6. The maximum atomic E-state index is 11.6. The summed E-state index contributed by atoms with van der Waals surface area (Å²) in [6, 6.07) is 2.20. The molecule has 0 spiro atoms. The molecule has 0 aliphatic heterocycles. The predicted molar refractivity (Wildman–Crippen MR) is 105 cm³/mol. The molecule has 0 unspecified atom stereocenters. The zero-order chi connectivity index (χ0) is 19.2. The Morgan fingerprint density at radius 1 is 1.31 bits per heavy atom. The fraction of sp³-hybridized carbons (Fsp3) is 0.688. The molecule has 1 fully saturated rings. The smallest absolute Gasteiger partial charge is 0.407 e. The van der Waals surface area contributed by atoms with Crippen LogP contribution >= 0.6 is 34.8 Å². The number of halogens is 3. The van der Waals surface area contributed by atoms with Crippen LogP contribution in [0.5, 0.6) is 0 Å². The molecule has 146 valence electrons. The van der Waals surface area contributed by atoms with E-state index in [0.717, 1.165) is 31.5 Å². The molecule has 1 aliphatic carbocycles. The molecule has 7 nitrogen and oxygen atoms in total. The second-order valence-electron chi connectivity index (χ2n) is 6.57. The molecule has 0 radical (unpaired) electrons. The Hall–Kier alpha value is -1.18. The van der Waals surface area contributed by atoms with Gasteiger partial charge in [-0.15, -0.1) is 0 Å². The van der Waals surface area contributed by atoms with Crippen LogP contribution in [0, 0.1) is 5.92 Å². The van der Waals surface area contributed by atoms with Crippen molar-refractivity contribution in [3.05, 3.63) is 12.3 Å². The summed E-state index contributed by atoms with van der Waals surface area (Å²) >= 11 is 16.6. The first kappa shape index (κ1) is 21.1. The molecule has 2 N–H and O–H groups in total. The Morgan fingerprint density at radius 2 is 2.00 bits per heavy atom. The number of ether oxygens (including phenoxy) is 1. The van der Waals surface area contributed by atoms with Gasteiger partial charge in [0.25, 0.3) is 0 Å². The number of aromatic nitrogens is 2. The molecule has 2 rings (SSSR count). The Labute approximate surface area is 168 Å². The molecular formula is C16H24Cl3N5O2. The molecule has 1 saturated carbocycles. The largest absolute Gasteiger partial charge is 0.445 e. The first-order valence-electron chi connectivity index (χ1n) is 8.47. The minimum Gasteiger partial charge on any atom is -0.445 e. The number of carbonyl (C=O) groups excluding carboxylic acids is 1. The Balaban J connectivity index is 1.69. The number of alkyl halides is 3. The van der Waals surface area contributed by atoms with Gasteiger partial charge in [-0.2, -0.15) is 4.98 Å². The first-order valence-corrected chi connectivity index (χ1v) is 9.60. The van der Waals surface area contributed by atoms with Crippen LogP contribution in [-0.4, -0.2) is 53.1 Å². The highest BCUT2D eigenvalue weighted by Gasteiger charge is 2.24. The van der Waals surface area contributed by atoms with Crippen molar-refractivity contribution in [1.82, 2.24) is 15.3 Å². The average molecular weight is 425 g/mol. The quantitative estimate of drug-likeness (QED) is 0.679. The van der Waals surface area contributed by atoms with E-state index in [9.17, 15) is 4.79 Å². The van der Waals surface area contributed by atoms with Crippen LogP contribution in [0.2, 0.25) is 0 Å². The number of hydrogen-bond acceptors (Lipinski definition) is 6. The van der Waals surface area contributed by atoms with Gasteiger partial charge in [-0.1, -0.05) is 34.8 Å². The molecule has 0 bridgehead atoms. The van der Waals surface area contributed by atoms with Crippen LogP contribution in [0.15, 0.2) is 12.3 Å². The van der Waals surface area contributed by atoms with Gasteiger partial charge in [-0.25, -0.2) is 9.78 Å². The lowest BCUT2D eigenvalue weighted by molar-refractivity contribution is 0.145. The zero-order valence-corrected chi connectivity index (χ0v) is 17.1. The van der Waals surface area contributed by atoms with E-state index in [-0.39, 0.29) is 6.61 Å². The molecular weight excluding hydrogens is 401 g/mol. The molecule has 10 heteroatoms. The summed E-state index contributed by atoms with van der Waals surface area (Å²) in [5.41, 5.74) is 0. The summed E-state index contributed by atoms with van der Waals surface area (Å²) in [4.78, 5) is 22.3. The second kappa shape index (κ2) is 9.67. The van der Waals surface area contributed by atoms with Gasteiger partial charge in [0.15, 0.2) is 0 Å². The average Bonchev–Trinajstić information content (AvgIpc) is 2.59. The minimum absolute atomic E-state index is 0.272. The fourth-order valence-corrected chi connectivity index (χ4v) is 2.95. The van der Waals surface area contributed by atoms with Crippen molar-refractivity contribution in [2.45, 2.75) is 35.5 Å². The van der Waals surface area contributed by atoms with Gasteiger partial charge in [0, 0.05) is 32.9 Å². The molecule has 1 aliphatic rings. The minimum atomic E-state index is -1.59. The van der Waals surface area contributed by atoms with E-state index in [1.807, 2.05) is 25.1 Å². The lowest BCUT2D eigenvalue weighted by Gasteiger charge is -2.29. The van der Waals surface area contributed by atoms with Crippen LogP contribution in [-0.2, 0) is 4.74 Å². The van der Waals surface area contributed by atoms with Crippen LogP contribution in [0.3, 0.4) is 0 Å². The third kappa shape index (κ3) is 7.60. The van der Waals surface area contributed by atoms with E-state index in [1.54, 1.807) is 6.20 Å². The summed E-state index contributed by atoms with van der Waals surface area (Å²) in [6.45, 7) is 0.282. The Bertz CT molecular complexity index is 589.